The first kappa shape index (κ1) is 27.1. The Morgan fingerprint density at radius 2 is 1.98 bits per heavy atom. The fraction of sp³-hybridized carbons (Fsp3) is 0.385. The first-order valence-electron chi connectivity index (χ1n) is 13.1. The zero-order valence-electron chi connectivity index (χ0n) is 22.3. The number of carbonyl (C=O) groups is 1. The molecule has 1 aliphatic rings. The van der Waals surface area contributed by atoms with Crippen LogP contribution in [0.15, 0.2) is 47.1 Å². The fourth-order valence-corrected chi connectivity index (χ4v) is 4.43. The second-order valence-corrected chi connectivity index (χ2v) is 9.29. The van der Waals surface area contributed by atoms with Crippen LogP contribution in [0, 0.1) is 5.82 Å². The van der Waals surface area contributed by atoms with Crippen LogP contribution >= 0.6 is 0 Å². The van der Waals surface area contributed by atoms with E-state index in [4.69, 9.17) is 14.9 Å². The number of carbonyl (C=O) groups excluding carboxylic acids is 1. The van der Waals surface area contributed by atoms with Gasteiger partial charge < -0.3 is 35.7 Å². The number of ether oxygens (including phenoxy) is 1. The molecule has 0 unspecified atom stereocenters. The van der Waals surface area contributed by atoms with Crippen LogP contribution in [0.25, 0.3) is 17.1 Å². The van der Waals surface area contributed by atoms with Gasteiger partial charge in [0, 0.05) is 64.5 Å². The quantitative estimate of drug-likeness (QED) is 0.187. The van der Waals surface area contributed by atoms with Crippen LogP contribution in [0.4, 0.5) is 22.0 Å². The Bertz CT molecular complexity index is 1420. The number of halogens is 1. The molecule has 1 aromatic carbocycles. The van der Waals surface area contributed by atoms with Gasteiger partial charge in [0.2, 0.25) is 11.9 Å². The van der Waals surface area contributed by atoms with E-state index in [1.165, 1.54) is 10.6 Å². The van der Waals surface area contributed by atoms with Crippen molar-refractivity contribution in [2.24, 2.45) is 0 Å². The summed E-state index contributed by atoms with van der Waals surface area (Å²) in [5.41, 5.74) is 7.81. The van der Waals surface area contributed by atoms with E-state index in [9.17, 15) is 9.18 Å². The Kier molecular flexibility index (Phi) is 8.56. The molecule has 0 atom stereocenters. The number of likely N-dealkylation sites (N-methyl/N-ethyl adjacent to an activating group) is 1. The Hall–Kier alpha value is -4.43. The molecule has 4 heterocycles. The number of hydrogen-bond donors (Lipinski definition) is 4. The fourth-order valence-electron chi connectivity index (χ4n) is 4.43. The van der Waals surface area contributed by atoms with E-state index in [2.05, 4.69) is 35.9 Å². The van der Waals surface area contributed by atoms with E-state index in [1.54, 1.807) is 37.6 Å². The van der Waals surface area contributed by atoms with Crippen molar-refractivity contribution in [1.29, 1.82) is 0 Å². The maximum absolute atomic E-state index is 14.8. The number of fused-ring (bicyclic) bond motifs is 1. The molecule has 13 nitrogen and oxygen atoms in total. The standard InChI is InChI=1S/C26H33FN10O3/c1-29-6-7-30-24(38)17-40-18-4-5-21(19(27)15-18)36-12-10-35(11-13-36)9-8-31-26-32-23-16-20(22-3-2-14-39-22)34-37(23)25(28)33-26/h2-5,14-16,29H,6-13,17H2,1H3,(H,30,38)(H3,28,31,32,33). The lowest BCUT2D eigenvalue weighted by atomic mass is 10.2. The SMILES string of the molecule is CNCCNC(=O)COc1ccc(N2CCN(CCNc3nc(N)n4nc(-c5ccco5)cc4n3)CC2)c(F)c1. The number of nitrogens with two attached hydrogens (primary N) is 1. The zero-order valence-corrected chi connectivity index (χ0v) is 22.3. The largest absolute Gasteiger partial charge is 0.484 e. The Morgan fingerprint density at radius 1 is 1.12 bits per heavy atom. The minimum absolute atomic E-state index is 0.158. The van der Waals surface area contributed by atoms with Crippen molar-refractivity contribution in [3.8, 4) is 17.2 Å². The number of furan rings is 1. The Morgan fingerprint density at radius 3 is 2.73 bits per heavy atom. The summed E-state index contributed by atoms with van der Waals surface area (Å²) in [5.74, 6) is 0.983. The highest BCUT2D eigenvalue weighted by Gasteiger charge is 2.20. The highest BCUT2D eigenvalue weighted by Crippen LogP contribution is 2.25. The number of anilines is 3. The molecule has 0 saturated carbocycles. The number of piperazine rings is 1. The molecule has 5 N–H and O–H groups in total. The Balaban J connectivity index is 1.07. The molecular formula is C26H33FN10O3. The third kappa shape index (κ3) is 6.58. The molecule has 1 fully saturated rings. The zero-order chi connectivity index (χ0) is 27.9. The van der Waals surface area contributed by atoms with Crippen molar-refractivity contribution in [2.45, 2.75) is 0 Å². The summed E-state index contributed by atoms with van der Waals surface area (Å²) in [4.78, 5) is 24.9. The number of hydrogen-bond acceptors (Lipinski definition) is 11. The maximum Gasteiger partial charge on any atom is 0.257 e. The van der Waals surface area contributed by atoms with Crippen LogP contribution in [0.5, 0.6) is 5.75 Å². The molecule has 212 valence electrons. The lowest BCUT2D eigenvalue weighted by Gasteiger charge is -2.36. The van der Waals surface area contributed by atoms with Crippen molar-refractivity contribution >= 4 is 29.1 Å². The van der Waals surface area contributed by atoms with E-state index in [-0.39, 0.29) is 24.3 Å². The summed E-state index contributed by atoms with van der Waals surface area (Å²) in [6.45, 7) is 5.34. The van der Waals surface area contributed by atoms with Gasteiger partial charge in [-0.1, -0.05) is 0 Å². The summed E-state index contributed by atoms with van der Waals surface area (Å²) < 4.78 is 27.1. The third-order valence-corrected chi connectivity index (χ3v) is 6.53. The molecule has 0 bridgehead atoms. The highest BCUT2D eigenvalue weighted by atomic mass is 19.1. The summed E-state index contributed by atoms with van der Waals surface area (Å²) in [7, 11) is 1.81. The molecule has 0 aliphatic carbocycles. The molecule has 1 aliphatic heterocycles. The number of aromatic nitrogens is 4. The number of benzene rings is 1. The molecule has 3 aromatic heterocycles. The predicted molar refractivity (Wildman–Crippen MR) is 149 cm³/mol. The van der Waals surface area contributed by atoms with Crippen LogP contribution in [0.1, 0.15) is 0 Å². The van der Waals surface area contributed by atoms with Crippen LogP contribution in [0.3, 0.4) is 0 Å². The lowest BCUT2D eigenvalue weighted by Crippen LogP contribution is -2.48. The predicted octanol–water partition coefficient (Wildman–Crippen LogP) is 1.05. The van der Waals surface area contributed by atoms with Gasteiger partial charge in [0.15, 0.2) is 18.0 Å². The van der Waals surface area contributed by atoms with Gasteiger partial charge in [0.05, 0.1) is 12.0 Å². The van der Waals surface area contributed by atoms with Gasteiger partial charge in [-0.25, -0.2) is 4.39 Å². The van der Waals surface area contributed by atoms with Crippen molar-refractivity contribution < 1.29 is 18.3 Å². The summed E-state index contributed by atoms with van der Waals surface area (Å²) >= 11 is 0. The molecule has 1 saturated heterocycles. The van der Waals surface area contributed by atoms with E-state index in [1.807, 2.05) is 11.0 Å². The van der Waals surface area contributed by atoms with Crippen molar-refractivity contribution in [2.75, 3.05) is 82.0 Å². The third-order valence-electron chi connectivity index (χ3n) is 6.53. The number of nitrogen functional groups attached to an aromatic ring is 1. The first-order chi connectivity index (χ1) is 19.5. The van der Waals surface area contributed by atoms with Crippen molar-refractivity contribution in [1.82, 2.24) is 35.1 Å². The van der Waals surface area contributed by atoms with Gasteiger partial charge in [-0.2, -0.15) is 19.6 Å². The number of amides is 1. The van der Waals surface area contributed by atoms with Crippen molar-refractivity contribution in [3.63, 3.8) is 0 Å². The van der Waals surface area contributed by atoms with E-state index < -0.39 is 0 Å². The molecule has 14 heteroatoms. The molecule has 1 amide bonds. The molecular weight excluding hydrogens is 519 g/mol. The smallest absolute Gasteiger partial charge is 0.257 e. The van der Waals surface area contributed by atoms with Crippen molar-refractivity contribution in [3.05, 3.63) is 48.5 Å². The molecule has 5 rings (SSSR count). The average molecular weight is 553 g/mol. The van der Waals surface area contributed by atoms with Crippen LogP contribution in [-0.2, 0) is 4.79 Å². The minimum Gasteiger partial charge on any atom is -0.484 e. The number of nitrogens with one attached hydrogen (secondary N) is 3. The van der Waals surface area contributed by atoms with Gasteiger partial charge in [0.25, 0.3) is 5.91 Å². The average Bonchev–Trinajstić information content (AvgIpc) is 3.63. The van der Waals surface area contributed by atoms with Crippen LogP contribution in [0.2, 0.25) is 0 Å². The van der Waals surface area contributed by atoms with Gasteiger partial charge in [0.1, 0.15) is 17.3 Å². The maximum atomic E-state index is 14.8. The van der Waals surface area contributed by atoms with Gasteiger partial charge >= 0.3 is 0 Å². The van der Waals surface area contributed by atoms with E-state index in [0.717, 1.165) is 19.6 Å². The minimum atomic E-state index is -0.372. The topological polar surface area (TPSA) is 151 Å². The highest BCUT2D eigenvalue weighted by molar-refractivity contribution is 5.77. The van der Waals surface area contributed by atoms with Crippen LogP contribution < -0.4 is 31.3 Å². The summed E-state index contributed by atoms with van der Waals surface area (Å²) in [5, 5.41) is 13.3. The van der Waals surface area contributed by atoms with Gasteiger partial charge in [-0.05, 0) is 31.3 Å². The van der Waals surface area contributed by atoms with Gasteiger partial charge in [-0.3, -0.25) is 9.69 Å². The molecule has 4 aromatic rings. The first-order valence-corrected chi connectivity index (χ1v) is 13.1. The molecule has 40 heavy (non-hydrogen) atoms. The monoisotopic (exact) mass is 552 g/mol. The Labute approximate surface area is 230 Å². The second-order valence-electron chi connectivity index (χ2n) is 9.29. The lowest BCUT2D eigenvalue weighted by molar-refractivity contribution is -0.123. The van der Waals surface area contributed by atoms with Crippen LogP contribution in [-0.4, -0.2) is 96.4 Å². The normalized spacial score (nSPS) is 14.0. The van der Waals surface area contributed by atoms with E-state index >= 15 is 0 Å². The molecule has 0 spiro atoms. The molecule has 0 radical (unpaired) electrons. The summed E-state index contributed by atoms with van der Waals surface area (Å²) in [6.07, 6.45) is 1.58. The second kappa shape index (κ2) is 12.6. The number of nitrogens with zero attached hydrogens (tertiary/aromatic N) is 6. The number of rotatable bonds is 12. The van der Waals surface area contributed by atoms with E-state index in [0.29, 0.717) is 67.2 Å². The summed E-state index contributed by atoms with van der Waals surface area (Å²) in [6, 6.07) is 10.1. The van der Waals surface area contributed by atoms with Gasteiger partial charge in [-0.15, -0.1) is 0 Å².